The van der Waals surface area contributed by atoms with Gasteiger partial charge in [0.25, 0.3) is 0 Å². The van der Waals surface area contributed by atoms with Crippen molar-refractivity contribution in [3.63, 3.8) is 0 Å². The normalized spacial score (nSPS) is 11.0. The number of hydrogen-bond donors (Lipinski definition) is 1. The number of nitrogens with zero attached hydrogens (tertiary/aromatic N) is 1. The number of ketones is 1. The Morgan fingerprint density at radius 3 is 2.50 bits per heavy atom. The molecule has 0 amide bonds. The Balaban J connectivity index is 2.19. The van der Waals surface area contributed by atoms with Gasteiger partial charge in [-0.2, -0.15) is 0 Å². The first-order valence-corrected chi connectivity index (χ1v) is 5.52. The van der Waals surface area contributed by atoms with Gasteiger partial charge in [0, 0.05) is 11.1 Å². The Morgan fingerprint density at radius 2 is 1.94 bits per heavy atom. The molecule has 0 spiro atoms. The van der Waals surface area contributed by atoms with Gasteiger partial charge >= 0.3 is 0 Å². The van der Waals surface area contributed by atoms with E-state index in [9.17, 15) is 4.79 Å². The molecule has 0 fully saturated rings. The SMILES string of the molecule is Cc1noc(C)c1/C=C/C(=O)c1ccc(O)cc1. The maximum atomic E-state index is 11.9. The number of hydrogen-bond acceptors (Lipinski definition) is 4. The van der Waals surface area contributed by atoms with E-state index in [4.69, 9.17) is 9.63 Å². The van der Waals surface area contributed by atoms with Crippen LogP contribution in [-0.4, -0.2) is 16.0 Å². The first kappa shape index (κ1) is 12.1. The van der Waals surface area contributed by atoms with Crippen molar-refractivity contribution in [1.82, 2.24) is 5.16 Å². The van der Waals surface area contributed by atoms with Crippen molar-refractivity contribution < 1.29 is 14.4 Å². The van der Waals surface area contributed by atoms with Crippen molar-refractivity contribution in [3.8, 4) is 5.75 Å². The van der Waals surface area contributed by atoms with Gasteiger partial charge in [-0.15, -0.1) is 0 Å². The van der Waals surface area contributed by atoms with Gasteiger partial charge in [0.15, 0.2) is 5.78 Å². The highest BCUT2D eigenvalue weighted by molar-refractivity contribution is 6.06. The smallest absolute Gasteiger partial charge is 0.185 e. The Kier molecular flexibility index (Phi) is 3.28. The fourth-order valence-electron chi connectivity index (χ4n) is 1.61. The standard InChI is InChI=1S/C14H13NO3/c1-9-13(10(2)18-15-9)7-8-14(17)11-3-5-12(16)6-4-11/h3-8,16H,1-2H3/b8-7+. The van der Waals surface area contributed by atoms with Crippen LogP contribution in [0.1, 0.15) is 27.4 Å². The van der Waals surface area contributed by atoms with E-state index in [1.165, 1.54) is 18.2 Å². The predicted octanol–water partition coefficient (Wildman–Crippen LogP) is 2.89. The third-order valence-corrected chi connectivity index (χ3v) is 2.64. The average molecular weight is 243 g/mol. The number of aromatic hydroxyl groups is 1. The van der Waals surface area contributed by atoms with Crippen LogP contribution in [-0.2, 0) is 0 Å². The quantitative estimate of drug-likeness (QED) is 0.665. The number of allylic oxidation sites excluding steroid dienone is 1. The zero-order valence-electron chi connectivity index (χ0n) is 10.2. The summed E-state index contributed by atoms with van der Waals surface area (Å²) in [5, 5.41) is 12.9. The molecule has 92 valence electrons. The predicted molar refractivity (Wildman–Crippen MR) is 67.4 cm³/mol. The molecule has 18 heavy (non-hydrogen) atoms. The molecule has 0 bridgehead atoms. The number of aromatic nitrogens is 1. The second-order valence-corrected chi connectivity index (χ2v) is 3.98. The lowest BCUT2D eigenvalue weighted by Crippen LogP contribution is -1.93. The zero-order chi connectivity index (χ0) is 13.1. The van der Waals surface area contributed by atoms with Gasteiger partial charge < -0.3 is 9.63 Å². The van der Waals surface area contributed by atoms with Crippen molar-refractivity contribution in [2.75, 3.05) is 0 Å². The van der Waals surface area contributed by atoms with Crippen molar-refractivity contribution >= 4 is 11.9 Å². The molecule has 0 aliphatic rings. The van der Waals surface area contributed by atoms with Gasteiger partial charge in [0.05, 0.1) is 5.69 Å². The first-order valence-electron chi connectivity index (χ1n) is 5.52. The van der Waals surface area contributed by atoms with Gasteiger partial charge in [-0.3, -0.25) is 4.79 Å². The maximum absolute atomic E-state index is 11.9. The molecular formula is C14H13NO3. The van der Waals surface area contributed by atoms with Crippen LogP contribution in [0.2, 0.25) is 0 Å². The van der Waals surface area contributed by atoms with E-state index < -0.39 is 0 Å². The molecule has 4 heteroatoms. The fourth-order valence-corrected chi connectivity index (χ4v) is 1.61. The van der Waals surface area contributed by atoms with E-state index >= 15 is 0 Å². The molecule has 0 unspecified atom stereocenters. The summed E-state index contributed by atoms with van der Waals surface area (Å²) in [6.07, 6.45) is 3.16. The Morgan fingerprint density at radius 1 is 1.28 bits per heavy atom. The minimum absolute atomic E-state index is 0.130. The second-order valence-electron chi connectivity index (χ2n) is 3.98. The number of benzene rings is 1. The average Bonchev–Trinajstić information content (AvgIpc) is 2.67. The van der Waals surface area contributed by atoms with Crippen LogP contribution in [0, 0.1) is 13.8 Å². The lowest BCUT2D eigenvalue weighted by atomic mass is 10.1. The monoisotopic (exact) mass is 243 g/mol. The van der Waals surface area contributed by atoms with Crippen LogP contribution in [0.15, 0.2) is 34.9 Å². The van der Waals surface area contributed by atoms with Gasteiger partial charge in [-0.05, 0) is 50.3 Å². The number of phenols is 1. The van der Waals surface area contributed by atoms with Crippen molar-refractivity contribution in [2.45, 2.75) is 13.8 Å². The number of phenolic OH excluding ortho intramolecular Hbond substituents is 1. The lowest BCUT2D eigenvalue weighted by Gasteiger charge is -1.96. The van der Waals surface area contributed by atoms with E-state index in [0.717, 1.165) is 11.3 Å². The summed E-state index contributed by atoms with van der Waals surface area (Å²) in [5.74, 6) is 0.693. The lowest BCUT2D eigenvalue weighted by molar-refractivity contribution is 0.104. The van der Waals surface area contributed by atoms with Crippen molar-refractivity contribution in [3.05, 3.63) is 52.9 Å². The summed E-state index contributed by atoms with van der Waals surface area (Å²) in [6.45, 7) is 3.62. The van der Waals surface area contributed by atoms with Crippen molar-refractivity contribution in [2.24, 2.45) is 0 Å². The van der Waals surface area contributed by atoms with Crippen LogP contribution >= 0.6 is 0 Å². The van der Waals surface area contributed by atoms with Crippen LogP contribution < -0.4 is 0 Å². The number of rotatable bonds is 3. The molecule has 0 aliphatic heterocycles. The molecule has 0 saturated heterocycles. The van der Waals surface area contributed by atoms with E-state index in [1.54, 1.807) is 25.1 Å². The Hall–Kier alpha value is -2.36. The molecule has 0 atom stereocenters. The molecule has 1 aromatic heterocycles. The molecular weight excluding hydrogens is 230 g/mol. The Bertz CT molecular complexity index is 575. The van der Waals surface area contributed by atoms with Crippen LogP contribution in [0.4, 0.5) is 0 Å². The maximum Gasteiger partial charge on any atom is 0.185 e. The fraction of sp³-hybridized carbons (Fsp3) is 0.143. The van der Waals surface area contributed by atoms with Crippen molar-refractivity contribution in [1.29, 1.82) is 0 Å². The zero-order valence-corrected chi connectivity index (χ0v) is 10.2. The van der Waals surface area contributed by atoms with E-state index in [2.05, 4.69) is 5.16 Å². The van der Waals surface area contributed by atoms with Gasteiger partial charge in [-0.25, -0.2) is 0 Å². The summed E-state index contributed by atoms with van der Waals surface area (Å²) in [5.41, 5.74) is 2.10. The van der Waals surface area contributed by atoms with E-state index in [-0.39, 0.29) is 11.5 Å². The summed E-state index contributed by atoms with van der Waals surface area (Å²) >= 11 is 0. The molecule has 1 aromatic carbocycles. The minimum Gasteiger partial charge on any atom is -0.508 e. The van der Waals surface area contributed by atoms with Crippen LogP contribution in [0.25, 0.3) is 6.08 Å². The molecule has 0 radical (unpaired) electrons. The molecule has 1 heterocycles. The second kappa shape index (κ2) is 4.87. The molecule has 0 aliphatic carbocycles. The van der Waals surface area contributed by atoms with Crippen LogP contribution in [0.5, 0.6) is 5.75 Å². The number of carbonyl (C=O) groups is 1. The molecule has 2 aromatic rings. The largest absolute Gasteiger partial charge is 0.508 e. The van der Waals surface area contributed by atoms with Gasteiger partial charge in [0.1, 0.15) is 11.5 Å². The van der Waals surface area contributed by atoms with Gasteiger partial charge in [0.2, 0.25) is 0 Å². The highest BCUT2D eigenvalue weighted by Gasteiger charge is 2.06. The number of carbonyl (C=O) groups excluding carboxylic acids is 1. The van der Waals surface area contributed by atoms with E-state index in [0.29, 0.717) is 11.3 Å². The Labute approximate surface area is 105 Å². The summed E-state index contributed by atoms with van der Waals surface area (Å²) in [6, 6.07) is 6.12. The highest BCUT2D eigenvalue weighted by atomic mass is 16.5. The molecule has 4 nitrogen and oxygen atoms in total. The molecule has 2 rings (SSSR count). The number of aryl methyl sites for hydroxylation is 2. The highest BCUT2D eigenvalue weighted by Crippen LogP contribution is 2.15. The topological polar surface area (TPSA) is 63.3 Å². The summed E-state index contributed by atoms with van der Waals surface area (Å²) in [4.78, 5) is 11.9. The third-order valence-electron chi connectivity index (χ3n) is 2.64. The summed E-state index contributed by atoms with van der Waals surface area (Å²) in [7, 11) is 0. The third kappa shape index (κ3) is 2.48. The van der Waals surface area contributed by atoms with Crippen LogP contribution in [0.3, 0.4) is 0 Å². The molecule has 1 N–H and O–H groups in total. The minimum atomic E-state index is -0.130. The first-order chi connectivity index (χ1) is 8.58. The van der Waals surface area contributed by atoms with Gasteiger partial charge in [-0.1, -0.05) is 5.16 Å². The molecule has 0 saturated carbocycles. The van der Waals surface area contributed by atoms with E-state index in [1.807, 2.05) is 6.92 Å². The summed E-state index contributed by atoms with van der Waals surface area (Å²) < 4.78 is 5.00.